The topological polar surface area (TPSA) is 55.6 Å². The maximum atomic E-state index is 11.6. The third-order valence-corrected chi connectivity index (χ3v) is 2.46. The summed E-state index contributed by atoms with van der Waals surface area (Å²) in [5.74, 6) is -0.152. The van der Waals surface area contributed by atoms with Gasteiger partial charge in [-0.15, -0.1) is 0 Å². The highest BCUT2D eigenvalue weighted by Gasteiger charge is 2.22. The van der Waals surface area contributed by atoms with Gasteiger partial charge in [-0.25, -0.2) is 0 Å². The molecule has 0 aliphatic heterocycles. The Kier molecular flexibility index (Phi) is 7.39. The molecule has 0 aliphatic carbocycles. The lowest BCUT2D eigenvalue weighted by molar-refractivity contribution is -0.149. The molecule has 0 heterocycles. The van der Waals surface area contributed by atoms with Gasteiger partial charge in [0, 0.05) is 6.54 Å². The molecule has 0 rings (SSSR count). The Balaban J connectivity index is 4.28. The van der Waals surface area contributed by atoms with Gasteiger partial charge in [-0.1, -0.05) is 20.8 Å². The van der Waals surface area contributed by atoms with Gasteiger partial charge in [0.2, 0.25) is 0 Å². The summed E-state index contributed by atoms with van der Waals surface area (Å²) in [6.45, 7) is 12.8. The Morgan fingerprint density at radius 2 is 2.00 bits per heavy atom. The van der Waals surface area contributed by atoms with Gasteiger partial charge in [0.15, 0.2) is 0 Å². The molecule has 0 aliphatic rings. The number of carbonyl (C=O) groups excluding carboxylic acids is 1. The van der Waals surface area contributed by atoms with Crippen LogP contribution >= 0.6 is 0 Å². The van der Waals surface area contributed by atoms with E-state index < -0.39 is 0 Å². The average Bonchev–Trinajstić information content (AvgIpc) is 2.15. The Morgan fingerprint density at radius 3 is 2.41 bits per heavy atom. The number of hydrogen-bond donors (Lipinski definition) is 1. The van der Waals surface area contributed by atoms with Gasteiger partial charge < -0.3 is 10.5 Å². The SMILES string of the molecule is CCCN(CC(=O)OC(C)C)CC(C)(C)CN. The molecule has 4 heteroatoms. The van der Waals surface area contributed by atoms with Crippen LogP contribution in [0, 0.1) is 5.41 Å². The van der Waals surface area contributed by atoms with Gasteiger partial charge in [0.25, 0.3) is 0 Å². The quantitative estimate of drug-likeness (QED) is 0.659. The molecule has 102 valence electrons. The summed E-state index contributed by atoms with van der Waals surface area (Å²) in [6, 6.07) is 0. The van der Waals surface area contributed by atoms with Gasteiger partial charge in [-0.2, -0.15) is 0 Å². The molecule has 0 saturated heterocycles. The van der Waals surface area contributed by atoms with E-state index in [0.717, 1.165) is 19.5 Å². The van der Waals surface area contributed by atoms with E-state index in [1.807, 2.05) is 13.8 Å². The summed E-state index contributed by atoms with van der Waals surface area (Å²) in [5.41, 5.74) is 5.75. The highest BCUT2D eigenvalue weighted by Crippen LogP contribution is 2.15. The molecule has 0 radical (unpaired) electrons. The van der Waals surface area contributed by atoms with E-state index in [4.69, 9.17) is 10.5 Å². The molecule has 17 heavy (non-hydrogen) atoms. The molecule has 0 saturated carbocycles. The van der Waals surface area contributed by atoms with Crippen LogP contribution in [0.2, 0.25) is 0 Å². The normalized spacial score (nSPS) is 12.2. The number of carbonyl (C=O) groups is 1. The van der Waals surface area contributed by atoms with Gasteiger partial charge in [0.05, 0.1) is 12.6 Å². The zero-order valence-electron chi connectivity index (χ0n) is 12.0. The van der Waals surface area contributed by atoms with Gasteiger partial charge in [0.1, 0.15) is 0 Å². The maximum Gasteiger partial charge on any atom is 0.320 e. The van der Waals surface area contributed by atoms with Crippen LogP contribution in [-0.2, 0) is 9.53 Å². The van der Waals surface area contributed by atoms with Gasteiger partial charge >= 0.3 is 5.97 Å². The number of hydrogen-bond acceptors (Lipinski definition) is 4. The van der Waals surface area contributed by atoms with Crippen LogP contribution < -0.4 is 5.73 Å². The lowest BCUT2D eigenvalue weighted by Crippen LogP contribution is -2.42. The number of nitrogens with two attached hydrogens (primary N) is 1. The maximum absolute atomic E-state index is 11.6. The van der Waals surface area contributed by atoms with E-state index in [0.29, 0.717) is 13.1 Å². The van der Waals surface area contributed by atoms with E-state index in [1.165, 1.54) is 0 Å². The minimum Gasteiger partial charge on any atom is -0.462 e. The van der Waals surface area contributed by atoms with Crippen molar-refractivity contribution in [1.82, 2.24) is 4.90 Å². The highest BCUT2D eigenvalue weighted by molar-refractivity contribution is 5.71. The second kappa shape index (κ2) is 7.67. The summed E-state index contributed by atoms with van der Waals surface area (Å²) >= 11 is 0. The van der Waals surface area contributed by atoms with Crippen molar-refractivity contribution in [3.8, 4) is 0 Å². The first-order valence-corrected chi connectivity index (χ1v) is 6.42. The molecule has 0 aromatic carbocycles. The first kappa shape index (κ1) is 16.4. The third kappa shape index (κ3) is 8.16. The smallest absolute Gasteiger partial charge is 0.320 e. The van der Waals surface area contributed by atoms with Crippen LogP contribution in [0.25, 0.3) is 0 Å². The van der Waals surface area contributed by atoms with Crippen LogP contribution in [0.15, 0.2) is 0 Å². The largest absolute Gasteiger partial charge is 0.462 e. The van der Waals surface area contributed by atoms with Crippen LogP contribution in [0.3, 0.4) is 0 Å². The molecule has 0 aromatic heterocycles. The fourth-order valence-electron chi connectivity index (χ4n) is 1.68. The van der Waals surface area contributed by atoms with Gasteiger partial charge in [-0.05, 0) is 38.8 Å². The molecule has 4 nitrogen and oxygen atoms in total. The van der Waals surface area contributed by atoms with Crippen molar-refractivity contribution in [2.24, 2.45) is 11.1 Å². The molecule has 0 aromatic rings. The molecule has 0 fully saturated rings. The zero-order chi connectivity index (χ0) is 13.5. The average molecular weight is 244 g/mol. The van der Waals surface area contributed by atoms with Crippen LogP contribution in [0.1, 0.15) is 41.0 Å². The van der Waals surface area contributed by atoms with Crippen molar-refractivity contribution in [2.75, 3.05) is 26.2 Å². The molecule has 0 atom stereocenters. The van der Waals surface area contributed by atoms with E-state index in [1.54, 1.807) is 0 Å². The third-order valence-electron chi connectivity index (χ3n) is 2.46. The molecule has 0 amide bonds. The molecule has 0 bridgehead atoms. The van der Waals surface area contributed by atoms with Crippen LogP contribution in [0.4, 0.5) is 0 Å². The molecule has 2 N–H and O–H groups in total. The highest BCUT2D eigenvalue weighted by atomic mass is 16.5. The first-order chi connectivity index (χ1) is 7.80. The van der Waals surface area contributed by atoms with E-state index in [2.05, 4.69) is 25.7 Å². The summed E-state index contributed by atoms with van der Waals surface area (Å²) in [6.07, 6.45) is 0.976. The van der Waals surface area contributed by atoms with E-state index >= 15 is 0 Å². The van der Waals surface area contributed by atoms with Crippen molar-refractivity contribution in [3.05, 3.63) is 0 Å². The fourth-order valence-corrected chi connectivity index (χ4v) is 1.68. The Labute approximate surface area is 105 Å². The zero-order valence-corrected chi connectivity index (χ0v) is 12.0. The lowest BCUT2D eigenvalue weighted by Gasteiger charge is -2.31. The monoisotopic (exact) mass is 244 g/mol. The van der Waals surface area contributed by atoms with Crippen LogP contribution in [0.5, 0.6) is 0 Å². The van der Waals surface area contributed by atoms with E-state index in [-0.39, 0.29) is 17.5 Å². The minimum atomic E-state index is -0.152. The number of ether oxygens (including phenoxy) is 1. The lowest BCUT2D eigenvalue weighted by atomic mass is 9.93. The molecular formula is C13H28N2O2. The van der Waals surface area contributed by atoms with E-state index in [9.17, 15) is 4.79 Å². The Morgan fingerprint density at radius 1 is 1.41 bits per heavy atom. The van der Waals surface area contributed by atoms with Gasteiger partial charge in [-0.3, -0.25) is 9.69 Å². The minimum absolute atomic E-state index is 0.0350. The van der Waals surface area contributed by atoms with Crippen molar-refractivity contribution in [1.29, 1.82) is 0 Å². The standard InChI is InChI=1S/C13H28N2O2/c1-6-7-15(10-13(4,5)9-14)8-12(16)17-11(2)3/h11H,6-10,14H2,1-5H3. The molecule has 0 unspecified atom stereocenters. The summed E-state index contributed by atoms with van der Waals surface area (Å²) in [4.78, 5) is 13.7. The molecule has 0 spiro atoms. The predicted molar refractivity (Wildman–Crippen MR) is 70.8 cm³/mol. The Hall–Kier alpha value is -0.610. The number of nitrogens with zero attached hydrogens (tertiary/aromatic N) is 1. The van der Waals surface area contributed by atoms with Crippen molar-refractivity contribution >= 4 is 5.97 Å². The Bertz CT molecular complexity index is 227. The van der Waals surface area contributed by atoms with Crippen molar-refractivity contribution < 1.29 is 9.53 Å². The van der Waals surface area contributed by atoms with Crippen LogP contribution in [-0.4, -0.2) is 43.2 Å². The number of esters is 1. The summed E-state index contributed by atoms with van der Waals surface area (Å²) in [5, 5.41) is 0. The fraction of sp³-hybridized carbons (Fsp3) is 0.923. The number of rotatable bonds is 8. The first-order valence-electron chi connectivity index (χ1n) is 6.42. The predicted octanol–water partition coefficient (Wildman–Crippen LogP) is 1.63. The van der Waals surface area contributed by atoms with Crippen molar-refractivity contribution in [2.45, 2.75) is 47.1 Å². The second-order valence-corrected chi connectivity index (χ2v) is 5.62. The summed E-state index contributed by atoms with van der Waals surface area (Å²) < 4.78 is 5.16. The second-order valence-electron chi connectivity index (χ2n) is 5.62. The molecular weight excluding hydrogens is 216 g/mol. The summed E-state index contributed by atoms with van der Waals surface area (Å²) in [7, 11) is 0. The van der Waals surface area contributed by atoms with Crippen molar-refractivity contribution in [3.63, 3.8) is 0 Å².